The Bertz CT molecular complexity index is 882. The average molecular weight is 367 g/mol. The number of aryl methyl sites for hydroxylation is 1. The summed E-state index contributed by atoms with van der Waals surface area (Å²) in [7, 11) is 0. The largest absolute Gasteiger partial charge is 0.492 e. The van der Waals surface area contributed by atoms with Crippen molar-refractivity contribution in [2.45, 2.75) is 39.0 Å². The molecule has 1 aromatic heterocycles. The molecule has 3 rings (SSSR count). The molecule has 0 aliphatic heterocycles. The third-order valence-corrected chi connectivity index (χ3v) is 4.53. The van der Waals surface area contributed by atoms with Gasteiger partial charge in [0.25, 0.3) is 0 Å². The van der Waals surface area contributed by atoms with Crippen LogP contribution in [0.5, 0.6) is 5.75 Å². The minimum Gasteiger partial charge on any atom is -0.492 e. The van der Waals surface area contributed by atoms with Crippen molar-refractivity contribution in [3.8, 4) is 11.8 Å². The number of rotatable bonds is 6. The predicted molar refractivity (Wildman–Crippen MR) is 97.4 cm³/mol. The highest BCUT2D eigenvalue weighted by molar-refractivity contribution is 6.15. The molecule has 2 aromatic rings. The van der Waals surface area contributed by atoms with E-state index in [9.17, 15) is 14.9 Å². The molecule has 1 atom stereocenters. The molecule has 0 saturated carbocycles. The van der Waals surface area contributed by atoms with Crippen LogP contribution in [0.4, 0.5) is 5.69 Å². The molecule has 0 saturated heterocycles. The molecule has 1 aliphatic carbocycles. The first-order valence-electron chi connectivity index (χ1n) is 9.09. The second-order valence-electron chi connectivity index (χ2n) is 6.34. The van der Waals surface area contributed by atoms with E-state index in [0.717, 1.165) is 31.2 Å². The van der Waals surface area contributed by atoms with Gasteiger partial charge in [-0.1, -0.05) is 23.7 Å². The number of carbonyl (C=O) groups is 2. The van der Waals surface area contributed by atoms with Gasteiger partial charge >= 0.3 is 0 Å². The minimum absolute atomic E-state index is 0.103. The topological polar surface area (TPSA) is 105 Å². The average Bonchev–Trinajstić information content (AvgIpc) is 2.92. The fourth-order valence-electron chi connectivity index (χ4n) is 3.18. The molecule has 0 fully saturated rings. The Morgan fingerprint density at radius 3 is 2.85 bits per heavy atom. The van der Waals surface area contributed by atoms with E-state index >= 15 is 0 Å². The molecule has 1 amide bonds. The molecule has 0 bridgehead atoms. The lowest BCUT2D eigenvalue weighted by Gasteiger charge is -2.13. The van der Waals surface area contributed by atoms with Gasteiger partial charge in [-0.3, -0.25) is 9.59 Å². The SMILES string of the molecule is CCOc1ccccc1NC(=O)C(C#N)C(=O)c1noc2c1CCCCC2. The van der Waals surface area contributed by atoms with Crippen molar-refractivity contribution >= 4 is 17.4 Å². The lowest BCUT2D eigenvalue weighted by atomic mass is 9.97. The minimum atomic E-state index is -1.50. The summed E-state index contributed by atoms with van der Waals surface area (Å²) in [4.78, 5) is 25.4. The number of nitriles is 1. The summed E-state index contributed by atoms with van der Waals surface area (Å²) >= 11 is 0. The van der Waals surface area contributed by atoms with Gasteiger partial charge in [-0.2, -0.15) is 5.26 Å². The Balaban J connectivity index is 1.81. The van der Waals surface area contributed by atoms with E-state index in [1.165, 1.54) is 0 Å². The van der Waals surface area contributed by atoms with Crippen LogP contribution in [0.2, 0.25) is 0 Å². The summed E-state index contributed by atoms with van der Waals surface area (Å²) in [6.07, 6.45) is 4.35. The van der Waals surface area contributed by atoms with Crippen molar-refractivity contribution in [2.75, 3.05) is 11.9 Å². The number of anilines is 1. The van der Waals surface area contributed by atoms with E-state index in [0.29, 0.717) is 30.2 Å². The lowest BCUT2D eigenvalue weighted by Crippen LogP contribution is -2.29. The van der Waals surface area contributed by atoms with Crippen molar-refractivity contribution in [3.63, 3.8) is 0 Å². The second-order valence-corrected chi connectivity index (χ2v) is 6.34. The van der Waals surface area contributed by atoms with E-state index < -0.39 is 17.6 Å². The Kier molecular flexibility index (Phi) is 5.87. The Labute approximate surface area is 157 Å². The van der Waals surface area contributed by atoms with Crippen LogP contribution in [-0.2, 0) is 17.6 Å². The van der Waals surface area contributed by atoms with Crippen molar-refractivity contribution in [1.29, 1.82) is 5.26 Å². The highest BCUT2D eigenvalue weighted by Crippen LogP contribution is 2.27. The molecule has 27 heavy (non-hydrogen) atoms. The standard InChI is InChI=1S/C20H21N3O4/c1-2-26-17-11-7-6-9-15(17)22-20(25)14(12-21)19(24)18-13-8-4-3-5-10-16(13)27-23-18/h6-7,9,11,14H,2-5,8,10H2,1H3,(H,22,25). The summed E-state index contributed by atoms with van der Waals surface area (Å²) in [6.45, 7) is 2.26. The highest BCUT2D eigenvalue weighted by atomic mass is 16.5. The van der Waals surface area contributed by atoms with E-state index in [1.54, 1.807) is 30.3 Å². The quantitative estimate of drug-likeness (QED) is 0.477. The zero-order chi connectivity index (χ0) is 19.2. The van der Waals surface area contributed by atoms with Gasteiger partial charge in [-0.15, -0.1) is 0 Å². The first kappa shape index (κ1) is 18.6. The normalized spacial score (nSPS) is 14.4. The Morgan fingerprint density at radius 1 is 1.30 bits per heavy atom. The van der Waals surface area contributed by atoms with Crippen LogP contribution in [0, 0.1) is 17.2 Å². The maximum absolute atomic E-state index is 12.8. The Hall–Kier alpha value is -3.14. The number of ether oxygens (including phenoxy) is 1. The van der Waals surface area contributed by atoms with Crippen LogP contribution < -0.4 is 10.1 Å². The summed E-state index contributed by atoms with van der Waals surface area (Å²) in [5, 5.41) is 15.9. The number of nitrogens with one attached hydrogen (secondary N) is 1. The smallest absolute Gasteiger partial charge is 0.249 e. The number of Topliss-reactive ketones (excluding diaryl/α,β-unsaturated/α-hetero) is 1. The first-order chi connectivity index (χ1) is 13.2. The predicted octanol–water partition coefficient (Wildman–Crippen LogP) is 3.30. The third kappa shape index (κ3) is 4.00. The van der Waals surface area contributed by atoms with Crippen molar-refractivity contribution < 1.29 is 18.8 Å². The molecule has 7 heteroatoms. The van der Waals surface area contributed by atoms with Crippen molar-refractivity contribution in [2.24, 2.45) is 5.92 Å². The number of amides is 1. The lowest BCUT2D eigenvalue weighted by molar-refractivity contribution is -0.117. The van der Waals surface area contributed by atoms with Gasteiger partial charge in [-0.25, -0.2) is 0 Å². The van der Waals surface area contributed by atoms with Crippen LogP contribution in [0.3, 0.4) is 0 Å². The van der Waals surface area contributed by atoms with E-state index in [1.807, 2.05) is 6.92 Å². The zero-order valence-electron chi connectivity index (χ0n) is 15.2. The maximum Gasteiger partial charge on any atom is 0.249 e. The number of hydrogen-bond acceptors (Lipinski definition) is 6. The van der Waals surface area contributed by atoms with Gasteiger partial charge in [0, 0.05) is 12.0 Å². The van der Waals surface area contributed by atoms with E-state index in [2.05, 4.69) is 10.5 Å². The monoisotopic (exact) mass is 367 g/mol. The second kappa shape index (κ2) is 8.49. The van der Waals surface area contributed by atoms with Gasteiger partial charge in [-0.05, 0) is 38.3 Å². The Morgan fingerprint density at radius 2 is 2.07 bits per heavy atom. The summed E-state index contributed by atoms with van der Waals surface area (Å²) in [6, 6.07) is 8.68. The molecule has 1 aromatic carbocycles. The number of benzene rings is 1. The third-order valence-electron chi connectivity index (χ3n) is 4.53. The highest BCUT2D eigenvalue weighted by Gasteiger charge is 2.33. The van der Waals surface area contributed by atoms with Crippen LogP contribution in [0.25, 0.3) is 0 Å². The van der Waals surface area contributed by atoms with Crippen LogP contribution in [0.1, 0.15) is 48.0 Å². The zero-order valence-corrected chi connectivity index (χ0v) is 15.2. The number of hydrogen-bond donors (Lipinski definition) is 1. The van der Waals surface area contributed by atoms with Crippen LogP contribution in [-0.4, -0.2) is 23.5 Å². The van der Waals surface area contributed by atoms with Gasteiger partial charge < -0.3 is 14.6 Å². The number of ketones is 1. The van der Waals surface area contributed by atoms with E-state index in [-0.39, 0.29) is 5.69 Å². The molecular formula is C20H21N3O4. The first-order valence-corrected chi connectivity index (χ1v) is 9.09. The fourth-order valence-corrected chi connectivity index (χ4v) is 3.18. The number of nitrogens with zero attached hydrogens (tertiary/aromatic N) is 2. The van der Waals surface area contributed by atoms with Gasteiger partial charge in [0.1, 0.15) is 11.5 Å². The van der Waals surface area contributed by atoms with Crippen molar-refractivity contribution in [1.82, 2.24) is 5.16 Å². The fraction of sp³-hybridized carbons (Fsp3) is 0.400. The molecule has 1 heterocycles. The molecule has 140 valence electrons. The summed E-state index contributed by atoms with van der Waals surface area (Å²) in [5.74, 6) is -1.67. The van der Waals surface area contributed by atoms with Crippen LogP contribution in [0.15, 0.2) is 28.8 Å². The maximum atomic E-state index is 12.8. The van der Waals surface area contributed by atoms with E-state index in [4.69, 9.17) is 9.26 Å². The summed E-state index contributed by atoms with van der Waals surface area (Å²) < 4.78 is 10.8. The van der Waals surface area contributed by atoms with Gasteiger partial charge in [0.15, 0.2) is 11.6 Å². The molecule has 1 unspecified atom stereocenters. The van der Waals surface area contributed by atoms with Crippen molar-refractivity contribution in [3.05, 3.63) is 41.3 Å². The molecule has 1 N–H and O–H groups in total. The number of carbonyl (C=O) groups excluding carboxylic acids is 2. The van der Waals surface area contributed by atoms with Gasteiger partial charge in [0.05, 0.1) is 18.4 Å². The molecule has 1 aliphatic rings. The number of para-hydroxylation sites is 2. The van der Waals surface area contributed by atoms with Gasteiger partial charge in [0.2, 0.25) is 11.7 Å². The number of aromatic nitrogens is 1. The number of fused-ring (bicyclic) bond motifs is 1. The summed E-state index contributed by atoms with van der Waals surface area (Å²) in [5.41, 5.74) is 1.25. The molecule has 7 nitrogen and oxygen atoms in total. The molecule has 0 spiro atoms. The molecule has 0 radical (unpaired) electrons. The van der Waals surface area contributed by atoms with Crippen LogP contribution >= 0.6 is 0 Å². The molecular weight excluding hydrogens is 346 g/mol.